The summed E-state index contributed by atoms with van der Waals surface area (Å²) in [5, 5.41) is 19.2. The number of aliphatic hydroxyl groups excluding tert-OH is 1. The lowest BCUT2D eigenvalue weighted by Gasteiger charge is -2.17. The van der Waals surface area contributed by atoms with Crippen molar-refractivity contribution in [3.8, 4) is 0 Å². The largest absolute Gasteiger partial charge is 0.467 e. The van der Waals surface area contributed by atoms with Gasteiger partial charge in [-0.1, -0.05) is 24.3 Å². The van der Waals surface area contributed by atoms with Crippen LogP contribution in [-0.2, 0) is 16.0 Å². The molecule has 0 aliphatic heterocycles. The molecule has 0 amide bonds. The van der Waals surface area contributed by atoms with Crippen molar-refractivity contribution in [3.63, 3.8) is 0 Å². The van der Waals surface area contributed by atoms with Crippen molar-refractivity contribution < 1.29 is 19.7 Å². The van der Waals surface area contributed by atoms with Crippen LogP contribution < -0.4 is 0 Å². The van der Waals surface area contributed by atoms with Crippen LogP contribution in [0, 0.1) is 0 Å². The van der Waals surface area contributed by atoms with Crippen LogP contribution in [0.2, 0.25) is 0 Å². The third-order valence-electron chi connectivity index (χ3n) is 2.36. The normalized spacial score (nSPS) is 13.2. The third kappa shape index (κ3) is 4.17. The number of methoxy groups -OCH3 is 1. The minimum absolute atomic E-state index is 0.483. The Kier molecular flexibility index (Phi) is 4.26. The van der Waals surface area contributed by atoms with Crippen molar-refractivity contribution in [3.05, 3.63) is 35.4 Å². The Bertz CT molecular complexity index is 375. The number of hydrogen-bond acceptors (Lipinski definition) is 4. The number of aliphatic hydroxyl groups is 2. The topological polar surface area (TPSA) is 66.8 Å². The van der Waals surface area contributed by atoms with Crippen molar-refractivity contribution >= 4 is 5.97 Å². The fourth-order valence-corrected chi connectivity index (χ4v) is 1.57. The molecule has 1 aromatic rings. The van der Waals surface area contributed by atoms with E-state index in [-0.39, 0.29) is 0 Å². The van der Waals surface area contributed by atoms with Gasteiger partial charge in [0.15, 0.2) is 6.10 Å². The van der Waals surface area contributed by atoms with Crippen LogP contribution in [0.5, 0.6) is 0 Å². The summed E-state index contributed by atoms with van der Waals surface area (Å²) in [5.74, 6) is -0.680. The molecule has 1 rings (SSSR count). The van der Waals surface area contributed by atoms with E-state index < -0.39 is 17.7 Å². The first-order valence-electron chi connectivity index (χ1n) is 5.40. The molecule has 1 aromatic carbocycles. The molecule has 0 aliphatic rings. The second kappa shape index (κ2) is 5.29. The van der Waals surface area contributed by atoms with Gasteiger partial charge in [-0.2, -0.15) is 0 Å². The SMILES string of the molecule is COC(=O)C(O)c1ccc(CC(C)(C)O)cc1. The zero-order valence-corrected chi connectivity index (χ0v) is 10.3. The van der Waals surface area contributed by atoms with E-state index in [0.717, 1.165) is 5.56 Å². The lowest BCUT2D eigenvalue weighted by atomic mass is 9.97. The van der Waals surface area contributed by atoms with Crippen molar-refractivity contribution in [2.24, 2.45) is 0 Å². The van der Waals surface area contributed by atoms with Gasteiger partial charge in [-0.05, 0) is 25.0 Å². The quantitative estimate of drug-likeness (QED) is 0.774. The van der Waals surface area contributed by atoms with E-state index in [0.29, 0.717) is 12.0 Å². The van der Waals surface area contributed by atoms with Crippen LogP contribution >= 0.6 is 0 Å². The predicted octanol–water partition coefficient (Wildman–Crippen LogP) is 1.21. The van der Waals surface area contributed by atoms with Gasteiger partial charge in [0.2, 0.25) is 0 Å². The highest BCUT2D eigenvalue weighted by Gasteiger charge is 2.18. The Morgan fingerprint density at radius 2 is 1.88 bits per heavy atom. The standard InChI is InChI=1S/C13H18O4/c1-13(2,16)8-9-4-6-10(7-5-9)11(14)12(15)17-3/h4-7,11,14,16H,8H2,1-3H3. The maximum Gasteiger partial charge on any atom is 0.339 e. The highest BCUT2D eigenvalue weighted by Crippen LogP contribution is 2.18. The summed E-state index contributed by atoms with van der Waals surface area (Å²) in [6, 6.07) is 6.87. The van der Waals surface area contributed by atoms with Crippen LogP contribution in [0.15, 0.2) is 24.3 Å². The molecule has 0 aromatic heterocycles. The molecule has 0 saturated heterocycles. The van der Waals surface area contributed by atoms with E-state index in [1.165, 1.54) is 7.11 Å². The van der Waals surface area contributed by atoms with Crippen LogP contribution in [0.25, 0.3) is 0 Å². The molecular formula is C13H18O4. The summed E-state index contributed by atoms with van der Waals surface area (Å²) >= 11 is 0. The van der Waals surface area contributed by atoms with Crippen LogP contribution in [-0.4, -0.2) is 28.9 Å². The van der Waals surface area contributed by atoms with E-state index >= 15 is 0 Å². The Hall–Kier alpha value is -1.39. The van der Waals surface area contributed by atoms with Crippen molar-refractivity contribution in [1.82, 2.24) is 0 Å². The van der Waals surface area contributed by atoms with E-state index in [1.54, 1.807) is 38.1 Å². The second-order valence-corrected chi connectivity index (χ2v) is 4.66. The second-order valence-electron chi connectivity index (χ2n) is 4.66. The maximum atomic E-state index is 11.1. The number of carbonyl (C=O) groups is 1. The number of benzene rings is 1. The molecule has 4 nitrogen and oxygen atoms in total. The molecule has 0 fully saturated rings. The Balaban J connectivity index is 2.78. The molecule has 17 heavy (non-hydrogen) atoms. The summed E-state index contributed by atoms with van der Waals surface area (Å²) in [6.45, 7) is 3.45. The fourth-order valence-electron chi connectivity index (χ4n) is 1.57. The Morgan fingerprint density at radius 3 is 2.29 bits per heavy atom. The van der Waals surface area contributed by atoms with Gasteiger partial charge < -0.3 is 14.9 Å². The van der Waals surface area contributed by atoms with Gasteiger partial charge in [-0.15, -0.1) is 0 Å². The smallest absolute Gasteiger partial charge is 0.339 e. The van der Waals surface area contributed by atoms with Gasteiger partial charge in [-0.3, -0.25) is 0 Å². The zero-order valence-electron chi connectivity index (χ0n) is 10.3. The van der Waals surface area contributed by atoms with Crippen LogP contribution in [0.1, 0.15) is 31.1 Å². The summed E-state index contributed by atoms with van der Waals surface area (Å²) in [6.07, 6.45) is -0.738. The molecule has 0 radical (unpaired) electrons. The van der Waals surface area contributed by atoms with Gasteiger partial charge in [-0.25, -0.2) is 4.79 Å². The van der Waals surface area contributed by atoms with Crippen molar-refractivity contribution in [1.29, 1.82) is 0 Å². The molecule has 0 saturated carbocycles. The minimum atomic E-state index is -1.25. The average molecular weight is 238 g/mol. The Labute approximate surface area is 101 Å². The molecule has 1 unspecified atom stereocenters. The molecule has 0 spiro atoms. The van der Waals surface area contributed by atoms with E-state index in [1.807, 2.05) is 0 Å². The fraction of sp³-hybridized carbons (Fsp3) is 0.462. The predicted molar refractivity (Wildman–Crippen MR) is 63.4 cm³/mol. The number of carbonyl (C=O) groups excluding carboxylic acids is 1. The van der Waals surface area contributed by atoms with Gasteiger partial charge >= 0.3 is 5.97 Å². The maximum absolute atomic E-state index is 11.1. The molecule has 1 atom stereocenters. The zero-order chi connectivity index (χ0) is 13.1. The molecule has 0 heterocycles. The summed E-state index contributed by atoms with van der Waals surface area (Å²) < 4.78 is 4.45. The summed E-state index contributed by atoms with van der Waals surface area (Å²) in [7, 11) is 1.23. The monoisotopic (exact) mass is 238 g/mol. The molecule has 0 bridgehead atoms. The lowest BCUT2D eigenvalue weighted by Crippen LogP contribution is -2.21. The first-order valence-corrected chi connectivity index (χ1v) is 5.40. The number of hydrogen-bond donors (Lipinski definition) is 2. The van der Waals surface area contributed by atoms with Crippen LogP contribution in [0.3, 0.4) is 0 Å². The molecular weight excluding hydrogens is 220 g/mol. The number of rotatable bonds is 4. The van der Waals surface area contributed by atoms with E-state index in [9.17, 15) is 15.0 Å². The molecule has 2 N–H and O–H groups in total. The molecule has 4 heteroatoms. The minimum Gasteiger partial charge on any atom is -0.467 e. The van der Waals surface area contributed by atoms with Crippen molar-refractivity contribution in [2.75, 3.05) is 7.11 Å². The molecule has 94 valence electrons. The van der Waals surface area contributed by atoms with Crippen molar-refractivity contribution in [2.45, 2.75) is 32.0 Å². The van der Waals surface area contributed by atoms with Gasteiger partial charge in [0.1, 0.15) is 0 Å². The third-order valence-corrected chi connectivity index (χ3v) is 2.36. The molecule has 0 aliphatic carbocycles. The van der Waals surface area contributed by atoms with E-state index in [2.05, 4.69) is 4.74 Å². The summed E-state index contributed by atoms with van der Waals surface area (Å²) in [5.41, 5.74) is 0.650. The Morgan fingerprint density at radius 1 is 1.35 bits per heavy atom. The van der Waals surface area contributed by atoms with Gasteiger partial charge in [0.25, 0.3) is 0 Å². The first kappa shape index (κ1) is 13.7. The highest BCUT2D eigenvalue weighted by molar-refractivity contribution is 5.76. The first-order chi connectivity index (χ1) is 7.83. The van der Waals surface area contributed by atoms with E-state index in [4.69, 9.17) is 0 Å². The number of esters is 1. The lowest BCUT2D eigenvalue weighted by molar-refractivity contribution is -0.150. The average Bonchev–Trinajstić information content (AvgIpc) is 2.26. The highest BCUT2D eigenvalue weighted by atomic mass is 16.5. The van der Waals surface area contributed by atoms with Gasteiger partial charge in [0, 0.05) is 6.42 Å². The van der Waals surface area contributed by atoms with Gasteiger partial charge in [0.05, 0.1) is 12.7 Å². The summed E-state index contributed by atoms with van der Waals surface area (Å²) in [4.78, 5) is 11.1. The van der Waals surface area contributed by atoms with Crippen LogP contribution in [0.4, 0.5) is 0 Å². The number of ether oxygens (including phenoxy) is 1.